The number of carbonyl (C=O) groups is 1. The summed E-state index contributed by atoms with van der Waals surface area (Å²) in [6.45, 7) is 0. The summed E-state index contributed by atoms with van der Waals surface area (Å²) in [5, 5.41) is 3.67. The lowest BCUT2D eigenvalue weighted by atomic mass is 10.1. The molecule has 0 atom stereocenters. The minimum absolute atomic E-state index is 0.0371. The van der Waals surface area contributed by atoms with Gasteiger partial charge in [-0.2, -0.15) is 0 Å². The maximum absolute atomic E-state index is 12.0. The molecule has 4 heteroatoms. The van der Waals surface area contributed by atoms with Crippen molar-refractivity contribution < 1.29 is 9.53 Å². The predicted octanol–water partition coefficient (Wildman–Crippen LogP) is 3.77. The molecule has 0 aliphatic heterocycles. The van der Waals surface area contributed by atoms with Crippen LogP contribution in [0.15, 0.2) is 48.5 Å². The molecule has 0 fully saturated rings. The van der Waals surface area contributed by atoms with Gasteiger partial charge in [0.2, 0.25) is 5.91 Å². The lowest BCUT2D eigenvalue weighted by Crippen LogP contribution is -2.14. The zero-order valence-corrected chi connectivity index (χ0v) is 12.8. The molecule has 0 aliphatic carbocycles. The van der Waals surface area contributed by atoms with Crippen molar-refractivity contribution in [1.29, 1.82) is 0 Å². The number of hydrogen-bond acceptors (Lipinski definition) is 2. The van der Waals surface area contributed by atoms with Crippen LogP contribution in [0.25, 0.3) is 0 Å². The van der Waals surface area contributed by atoms with Gasteiger partial charge in [0.1, 0.15) is 5.75 Å². The maximum atomic E-state index is 12.0. The van der Waals surface area contributed by atoms with Crippen LogP contribution in [0.3, 0.4) is 0 Å². The first kappa shape index (κ1) is 14.6. The molecule has 0 saturated carbocycles. The van der Waals surface area contributed by atoms with Crippen molar-refractivity contribution in [2.45, 2.75) is 11.8 Å². The molecule has 104 valence electrons. The van der Waals surface area contributed by atoms with Crippen LogP contribution in [0, 0.1) is 0 Å². The van der Waals surface area contributed by atoms with Crippen molar-refractivity contribution in [3.8, 4) is 5.75 Å². The summed E-state index contributed by atoms with van der Waals surface area (Å²) in [4.78, 5) is 12.0. The predicted molar refractivity (Wildman–Crippen MR) is 84.4 cm³/mol. The van der Waals surface area contributed by atoms with Gasteiger partial charge in [-0.05, 0) is 35.4 Å². The molecule has 0 aliphatic rings. The van der Waals surface area contributed by atoms with Crippen molar-refractivity contribution >= 4 is 27.5 Å². The fourth-order valence-electron chi connectivity index (χ4n) is 1.91. The summed E-state index contributed by atoms with van der Waals surface area (Å²) in [6, 6.07) is 15.3. The summed E-state index contributed by atoms with van der Waals surface area (Å²) < 4.78 is 5.15. The van der Waals surface area contributed by atoms with Crippen molar-refractivity contribution in [2.75, 3.05) is 12.4 Å². The molecule has 2 aromatic carbocycles. The molecule has 0 aromatic heterocycles. The minimum atomic E-state index is -0.0371. The second kappa shape index (κ2) is 7.10. The van der Waals surface area contributed by atoms with Crippen LogP contribution in [0.2, 0.25) is 0 Å². The number of alkyl halides is 1. The average molecular weight is 334 g/mol. The molecule has 2 rings (SSSR count). The van der Waals surface area contributed by atoms with E-state index in [1.54, 1.807) is 7.11 Å². The van der Waals surface area contributed by atoms with Crippen molar-refractivity contribution in [3.05, 3.63) is 59.7 Å². The van der Waals surface area contributed by atoms with Crippen LogP contribution >= 0.6 is 15.9 Å². The summed E-state index contributed by atoms with van der Waals surface area (Å²) in [6.07, 6.45) is 0.329. The van der Waals surface area contributed by atoms with E-state index in [9.17, 15) is 4.79 Å². The first-order chi connectivity index (χ1) is 9.71. The van der Waals surface area contributed by atoms with Gasteiger partial charge in [0.25, 0.3) is 0 Å². The van der Waals surface area contributed by atoms with E-state index in [0.29, 0.717) is 6.42 Å². The van der Waals surface area contributed by atoms with E-state index in [1.807, 2.05) is 48.5 Å². The van der Waals surface area contributed by atoms with E-state index >= 15 is 0 Å². The molecule has 20 heavy (non-hydrogen) atoms. The Morgan fingerprint density at radius 3 is 2.65 bits per heavy atom. The summed E-state index contributed by atoms with van der Waals surface area (Å²) in [5.74, 6) is 0.724. The summed E-state index contributed by atoms with van der Waals surface area (Å²) >= 11 is 3.40. The minimum Gasteiger partial charge on any atom is -0.497 e. The Morgan fingerprint density at radius 1 is 1.15 bits per heavy atom. The maximum Gasteiger partial charge on any atom is 0.228 e. The van der Waals surface area contributed by atoms with Gasteiger partial charge in [-0.3, -0.25) is 4.79 Å². The average Bonchev–Trinajstić information content (AvgIpc) is 2.47. The highest BCUT2D eigenvalue weighted by atomic mass is 79.9. The highest BCUT2D eigenvalue weighted by Crippen LogP contribution is 2.15. The van der Waals surface area contributed by atoms with Crippen LogP contribution in [0.5, 0.6) is 5.75 Å². The van der Waals surface area contributed by atoms with E-state index in [1.165, 1.54) is 0 Å². The monoisotopic (exact) mass is 333 g/mol. The van der Waals surface area contributed by atoms with Gasteiger partial charge < -0.3 is 10.1 Å². The quantitative estimate of drug-likeness (QED) is 0.846. The van der Waals surface area contributed by atoms with E-state index in [0.717, 1.165) is 27.9 Å². The standard InChI is InChI=1S/C16H16BrNO2/c1-20-15-7-3-4-12(9-15)10-16(19)18-14-6-2-5-13(8-14)11-17/h2-9H,10-11H2,1H3,(H,18,19). The largest absolute Gasteiger partial charge is 0.497 e. The molecule has 1 N–H and O–H groups in total. The first-order valence-corrected chi connectivity index (χ1v) is 7.41. The molecular formula is C16H16BrNO2. The van der Waals surface area contributed by atoms with Crippen molar-refractivity contribution in [3.63, 3.8) is 0 Å². The van der Waals surface area contributed by atoms with E-state index in [-0.39, 0.29) is 5.91 Å². The molecular weight excluding hydrogens is 318 g/mol. The number of hydrogen-bond donors (Lipinski definition) is 1. The van der Waals surface area contributed by atoms with Crippen LogP contribution < -0.4 is 10.1 Å². The third-order valence-electron chi connectivity index (χ3n) is 2.86. The van der Waals surface area contributed by atoms with Crippen molar-refractivity contribution in [2.24, 2.45) is 0 Å². The van der Waals surface area contributed by atoms with Crippen LogP contribution in [-0.4, -0.2) is 13.0 Å². The number of benzene rings is 2. The second-order valence-electron chi connectivity index (χ2n) is 4.41. The molecule has 0 radical (unpaired) electrons. The molecule has 0 heterocycles. The molecule has 3 nitrogen and oxygen atoms in total. The summed E-state index contributed by atoms with van der Waals surface area (Å²) in [7, 11) is 1.62. The number of nitrogens with one attached hydrogen (secondary N) is 1. The van der Waals surface area contributed by atoms with Crippen LogP contribution in [0.1, 0.15) is 11.1 Å². The Bertz CT molecular complexity index is 547. The number of anilines is 1. The Morgan fingerprint density at radius 2 is 1.90 bits per heavy atom. The molecule has 0 unspecified atom stereocenters. The summed E-state index contributed by atoms with van der Waals surface area (Å²) in [5.41, 5.74) is 2.87. The first-order valence-electron chi connectivity index (χ1n) is 6.29. The Balaban J connectivity index is 2.01. The number of rotatable bonds is 5. The van der Waals surface area contributed by atoms with Gasteiger partial charge >= 0.3 is 0 Å². The zero-order chi connectivity index (χ0) is 14.4. The molecule has 2 aromatic rings. The molecule has 0 spiro atoms. The lowest BCUT2D eigenvalue weighted by Gasteiger charge is -2.07. The molecule has 0 saturated heterocycles. The van der Waals surface area contributed by atoms with Gasteiger partial charge in [0.05, 0.1) is 13.5 Å². The van der Waals surface area contributed by atoms with Gasteiger partial charge in [-0.15, -0.1) is 0 Å². The van der Waals surface area contributed by atoms with Crippen LogP contribution in [-0.2, 0) is 16.5 Å². The topological polar surface area (TPSA) is 38.3 Å². The van der Waals surface area contributed by atoms with Gasteiger partial charge in [-0.25, -0.2) is 0 Å². The van der Waals surface area contributed by atoms with Gasteiger partial charge in [-0.1, -0.05) is 40.2 Å². The van der Waals surface area contributed by atoms with Gasteiger partial charge in [0.15, 0.2) is 0 Å². The molecule has 1 amide bonds. The highest BCUT2D eigenvalue weighted by Gasteiger charge is 2.05. The number of amides is 1. The lowest BCUT2D eigenvalue weighted by molar-refractivity contribution is -0.115. The van der Waals surface area contributed by atoms with E-state index in [4.69, 9.17) is 4.74 Å². The van der Waals surface area contributed by atoms with Gasteiger partial charge in [0, 0.05) is 11.0 Å². The highest BCUT2D eigenvalue weighted by molar-refractivity contribution is 9.08. The smallest absolute Gasteiger partial charge is 0.228 e. The fourth-order valence-corrected chi connectivity index (χ4v) is 2.25. The zero-order valence-electron chi connectivity index (χ0n) is 11.2. The fraction of sp³-hybridized carbons (Fsp3) is 0.188. The normalized spacial score (nSPS) is 10.1. The third kappa shape index (κ3) is 4.10. The number of ether oxygens (including phenoxy) is 1. The third-order valence-corrected chi connectivity index (χ3v) is 3.51. The van der Waals surface area contributed by atoms with Crippen molar-refractivity contribution in [1.82, 2.24) is 0 Å². The Kier molecular flexibility index (Phi) is 5.18. The number of carbonyl (C=O) groups excluding carboxylic acids is 1. The Hall–Kier alpha value is -1.81. The number of methoxy groups -OCH3 is 1. The van der Waals surface area contributed by atoms with Crippen LogP contribution in [0.4, 0.5) is 5.69 Å². The number of halogens is 1. The second-order valence-corrected chi connectivity index (χ2v) is 4.97. The van der Waals surface area contributed by atoms with E-state index < -0.39 is 0 Å². The Labute approximate surface area is 127 Å². The molecule has 0 bridgehead atoms. The van der Waals surface area contributed by atoms with E-state index in [2.05, 4.69) is 21.2 Å². The SMILES string of the molecule is COc1cccc(CC(=O)Nc2cccc(CBr)c2)c1.